The summed E-state index contributed by atoms with van der Waals surface area (Å²) in [6.45, 7) is 4.86. The van der Waals surface area contributed by atoms with Gasteiger partial charge in [0.2, 0.25) is 0 Å². The van der Waals surface area contributed by atoms with Crippen molar-refractivity contribution in [3.8, 4) is 0 Å². The van der Waals surface area contributed by atoms with Crippen molar-refractivity contribution in [3.05, 3.63) is 0 Å². The zero-order chi connectivity index (χ0) is 10.4. The first kappa shape index (κ1) is 11.5. The monoisotopic (exact) mass is 201 g/mol. The molecule has 4 nitrogen and oxygen atoms in total. The predicted molar refractivity (Wildman–Crippen MR) is 52.9 cm³/mol. The number of β-amino-alcohol motifs (C(OH)–C–C–N with tert-alkyl or cyclic N) is 1. The van der Waals surface area contributed by atoms with E-state index in [-0.39, 0.29) is 12.1 Å². The van der Waals surface area contributed by atoms with Gasteiger partial charge in [-0.2, -0.15) is 0 Å². The van der Waals surface area contributed by atoms with Gasteiger partial charge < -0.3 is 14.7 Å². The molecule has 0 aliphatic carbocycles. The summed E-state index contributed by atoms with van der Waals surface area (Å²) < 4.78 is 4.82. The van der Waals surface area contributed by atoms with Crippen LogP contribution in [0.5, 0.6) is 0 Å². The van der Waals surface area contributed by atoms with Crippen LogP contribution in [0.3, 0.4) is 0 Å². The lowest BCUT2D eigenvalue weighted by molar-refractivity contribution is -0.143. The maximum Gasteiger partial charge on any atom is 0.305 e. The van der Waals surface area contributed by atoms with Crippen LogP contribution >= 0.6 is 0 Å². The molecular formula is C10H19NO3. The second-order valence-electron chi connectivity index (χ2n) is 3.65. The Morgan fingerprint density at radius 2 is 2.43 bits per heavy atom. The van der Waals surface area contributed by atoms with Crippen molar-refractivity contribution < 1.29 is 14.6 Å². The van der Waals surface area contributed by atoms with E-state index in [2.05, 4.69) is 4.90 Å². The van der Waals surface area contributed by atoms with Crippen molar-refractivity contribution in [2.45, 2.75) is 32.3 Å². The quantitative estimate of drug-likeness (QED) is 0.654. The molecule has 0 bridgehead atoms. The summed E-state index contributed by atoms with van der Waals surface area (Å²) in [4.78, 5) is 13.2. The highest BCUT2D eigenvalue weighted by molar-refractivity contribution is 5.69. The zero-order valence-corrected chi connectivity index (χ0v) is 8.74. The number of ether oxygens (including phenoxy) is 1. The molecule has 1 saturated heterocycles. The van der Waals surface area contributed by atoms with E-state index in [0.717, 1.165) is 32.5 Å². The average molecular weight is 201 g/mol. The molecule has 0 spiro atoms. The number of rotatable bonds is 5. The van der Waals surface area contributed by atoms with Crippen LogP contribution in [-0.2, 0) is 9.53 Å². The van der Waals surface area contributed by atoms with E-state index in [1.165, 1.54) is 0 Å². The van der Waals surface area contributed by atoms with Crippen LogP contribution in [0.15, 0.2) is 0 Å². The highest BCUT2D eigenvalue weighted by atomic mass is 16.5. The molecule has 0 radical (unpaired) electrons. The smallest absolute Gasteiger partial charge is 0.305 e. The number of carbonyl (C=O) groups excluding carboxylic acids is 1. The summed E-state index contributed by atoms with van der Waals surface area (Å²) in [6, 6.07) is 0. The standard InChI is InChI=1S/C10H19NO3/c1-2-14-10(13)4-3-6-11-7-5-9(12)8-11/h9,12H,2-8H2,1H3. The first-order valence-corrected chi connectivity index (χ1v) is 5.28. The topological polar surface area (TPSA) is 49.8 Å². The summed E-state index contributed by atoms with van der Waals surface area (Å²) >= 11 is 0. The van der Waals surface area contributed by atoms with Gasteiger partial charge >= 0.3 is 5.97 Å². The van der Waals surface area contributed by atoms with Crippen LogP contribution in [0.2, 0.25) is 0 Å². The van der Waals surface area contributed by atoms with Gasteiger partial charge in [0.1, 0.15) is 0 Å². The van der Waals surface area contributed by atoms with E-state index in [1.807, 2.05) is 6.92 Å². The zero-order valence-electron chi connectivity index (χ0n) is 8.74. The van der Waals surface area contributed by atoms with Crippen LogP contribution < -0.4 is 0 Å². The van der Waals surface area contributed by atoms with Crippen LogP contribution in [-0.4, -0.2) is 48.3 Å². The number of carbonyl (C=O) groups is 1. The summed E-state index contributed by atoms with van der Waals surface area (Å²) in [5.41, 5.74) is 0. The van der Waals surface area contributed by atoms with Crippen molar-refractivity contribution in [2.24, 2.45) is 0 Å². The fourth-order valence-corrected chi connectivity index (χ4v) is 1.70. The third-order valence-corrected chi connectivity index (χ3v) is 2.41. The van der Waals surface area contributed by atoms with Gasteiger partial charge in [-0.15, -0.1) is 0 Å². The highest BCUT2D eigenvalue weighted by Crippen LogP contribution is 2.09. The molecule has 1 fully saturated rings. The lowest BCUT2D eigenvalue weighted by atomic mass is 10.3. The molecule has 1 aliphatic rings. The molecule has 82 valence electrons. The number of hydrogen-bond acceptors (Lipinski definition) is 4. The minimum atomic E-state index is -0.169. The van der Waals surface area contributed by atoms with Gasteiger partial charge in [-0.05, 0) is 26.3 Å². The molecule has 1 N–H and O–H groups in total. The average Bonchev–Trinajstić information content (AvgIpc) is 2.52. The van der Waals surface area contributed by atoms with Crippen molar-refractivity contribution >= 4 is 5.97 Å². The summed E-state index contributed by atoms with van der Waals surface area (Å²) in [7, 11) is 0. The number of likely N-dealkylation sites (tertiary alicyclic amines) is 1. The Kier molecular flexibility index (Phi) is 4.90. The molecule has 0 amide bonds. The Morgan fingerprint density at radius 3 is 3.00 bits per heavy atom. The fraction of sp³-hybridized carbons (Fsp3) is 0.900. The molecule has 1 heterocycles. The fourth-order valence-electron chi connectivity index (χ4n) is 1.70. The van der Waals surface area contributed by atoms with Gasteiger partial charge in [0.15, 0.2) is 0 Å². The molecule has 1 rings (SSSR count). The Labute approximate surface area is 84.8 Å². The Bertz CT molecular complexity index is 184. The van der Waals surface area contributed by atoms with Crippen LogP contribution in [0.4, 0.5) is 0 Å². The molecule has 0 aromatic heterocycles. The van der Waals surface area contributed by atoms with E-state index in [0.29, 0.717) is 13.0 Å². The normalized spacial score (nSPS) is 22.6. The molecule has 4 heteroatoms. The Balaban J connectivity index is 2.01. The molecular weight excluding hydrogens is 182 g/mol. The SMILES string of the molecule is CCOC(=O)CCCN1CCC(O)C1. The first-order valence-electron chi connectivity index (χ1n) is 5.28. The number of aliphatic hydroxyl groups excluding tert-OH is 1. The second-order valence-corrected chi connectivity index (χ2v) is 3.65. The number of esters is 1. The highest BCUT2D eigenvalue weighted by Gasteiger charge is 2.19. The largest absolute Gasteiger partial charge is 0.466 e. The third-order valence-electron chi connectivity index (χ3n) is 2.41. The van der Waals surface area contributed by atoms with Crippen LogP contribution in [0.25, 0.3) is 0 Å². The van der Waals surface area contributed by atoms with E-state index in [4.69, 9.17) is 4.74 Å². The lowest BCUT2D eigenvalue weighted by Crippen LogP contribution is -2.23. The van der Waals surface area contributed by atoms with Gasteiger partial charge in [-0.25, -0.2) is 0 Å². The van der Waals surface area contributed by atoms with Crippen LogP contribution in [0.1, 0.15) is 26.2 Å². The van der Waals surface area contributed by atoms with Gasteiger partial charge in [0.05, 0.1) is 12.7 Å². The van der Waals surface area contributed by atoms with Crippen molar-refractivity contribution in [1.82, 2.24) is 4.90 Å². The minimum Gasteiger partial charge on any atom is -0.466 e. The number of aliphatic hydroxyl groups is 1. The first-order chi connectivity index (χ1) is 6.72. The van der Waals surface area contributed by atoms with Crippen molar-refractivity contribution in [2.75, 3.05) is 26.2 Å². The molecule has 1 aliphatic heterocycles. The van der Waals surface area contributed by atoms with Crippen molar-refractivity contribution in [3.63, 3.8) is 0 Å². The molecule has 0 aromatic rings. The van der Waals surface area contributed by atoms with E-state index >= 15 is 0 Å². The van der Waals surface area contributed by atoms with Gasteiger partial charge in [-0.1, -0.05) is 0 Å². The second kappa shape index (κ2) is 5.98. The molecule has 14 heavy (non-hydrogen) atoms. The Morgan fingerprint density at radius 1 is 1.64 bits per heavy atom. The summed E-state index contributed by atoms with van der Waals surface area (Å²) in [5, 5.41) is 9.26. The van der Waals surface area contributed by atoms with Gasteiger partial charge in [0.25, 0.3) is 0 Å². The maximum atomic E-state index is 11.0. The van der Waals surface area contributed by atoms with Crippen molar-refractivity contribution in [1.29, 1.82) is 0 Å². The summed E-state index contributed by atoms with van der Waals surface area (Å²) in [6.07, 6.45) is 2.00. The predicted octanol–water partition coefficient (Wildman–Crippen LogP) is 0.396. The number of hydrogen-bond donors (Lipinski definition) is 1. The minimum absolute atomic E-state index is 0.118. The van der Waals surface area contributed by atoms with Gasteiger partial charge in [0, 0.05) is 19.5 Å². The maximum absolute atomic E-state index is 11.0. The molecule has 0 aromatic carbocycles. The van der Waals surface area contributed by atoms with E-state index in [9.17, 15) is 9.90 Å². The molecule has 1 unspecified atom stereocenters. The summed E-state index contributed by atoms with van der Waals surface area (Å²) in [5.74, 6) is -0.118. The lowest BCUT2D eigenvalue weighted by Gasteiger charge is -2.13. The van der Waals surface area contributed by atoms with Gasteiger partial charge in [-0.3, -0.25) is 4.79 Å². The van der Waals surface area contributed by atoms with Crippen LogP contribution in [0, 0.1) is 0 Å². The molecule has 1 atom stereocenters. The molecule has 0 saturated carbocycles. The third kappa shape index (κ3) is 4.07. The number of nitrogens with zero attached hydrogens (tertiary/aromatic N) is 1. The van der Waals surface area contributed by atoms with E-state index in [1.54, 1.807) is 0 Å². The Hall–Kier alpha value is -0.610. The van der Waals surface area contributed by atoms with E-state index < -0.39 is 0 Å².